The molecule has 0 radical (unpaired) electrons. The Kier molecular flexibility index (Phi) is 3.76. The number of nitrogens with zero attached hydrogens (tertiary/aromatic N) is 2. The molecule has 0 fully saturated rings. The lowest BCUT2D eigenvalue weighted by Gasteiger charge is -2.10. The monoisotopic (exact) mass is 248 g/mol. The number of rotatable bonds is 3. The van der Waals surface area contributed by atoms with Crippen molar-refractivity contribution in [2.45, 2.75) is 26.4 Å². The van der Waals surface area contributed by atoms with E-state index >= 15 is 0 Å². The number of aromatic nitrogens is 1. The van der Waals surface area contributed by atoms with E-state index in [4.69, 9.17) is 4.84 Å². The molecule has 0 bridgehead atoms. The minimum atomic E-state index is -0.291. The summed E-state index contributed by atoms with van der Waals surface area (Å²) in [5.41, 5.74) is 1.80. The first-order chi connectivity index (χ1) is 8.63. The average molecular weight is 248 g/mol. The van der Waals surface area contributed by atoms with E-state index in [1.807, 2.05) is 26.0 Å². The summed E-state index contributed by atoms with van der Waals surface area (Å²) in [5, 5.41) is 9.21. The van der Waals surface area contributed by atoms with Crippen LogP contribution in [0.5, 0.6) is 0 Å². The van der Waals surface area contributed by atoms with Crippen LogP contribution >= 0.6 is 0 Å². The highest BCUT2D eigenvalue weighted by molar-refractivity contribution is 5.88. The zero-order valence-corrected chi connectivity index (χ0v) is 10.4. The summed E-state index contributed by atoms with van der Waals surface area (Å²) < 4.78 is 0. The van der Waals surface area contributed by atoms with Gasteiger partial charge in [0.1, 0.15) is 11.9 Å². The molecule has 1 aromatic rings. The third-order valence-electron chi connectivity index (χ3n) is 2.50. The van der Waals surface area contributed by atoms with Gasteiger partial charge < -0.3 is 10.2 Å². The summed E-state index contributed by atoms with van der Waals surface area (Å²) in [6.07, 6.45) is 0.685. The van der Waals surface area contributed by atoms with E-state index in [1.54, 1.807) is 6.07 Å². The molecule has 1 aromatic heterocycles. The lowest BCUT2D eigenvalue weighted by molar-refractivity contribution is 0.0870. The van der Waals surface area contributed by atoms with E-state index in [-0.39, 0.29) is 12.1 Å². The molecule has 1 aliphatic heterocycles. The predicted octanol–water partition coefficient (Wildman–Crippen LogP) is 1.68. The molecule has 0 unspecified atom stereocenters. The van der Waals surface area contributed by atoms with E-state index in [0.29, 0.717) is 12.4 Å². The van der Waals surface area contributed by atoms with Crippen LogP contribution in [0.1, 0.15) is 19.0 Å². The number of nitrogens with one attached hydrogen (secondary N) is 2. The van der Waals surface area contributed by atoms with Gasteiger partial charge in [-0.05, 0) is 26.0 Å². The Morgan fingerprint density at radius 3 is 3.00 bits per heavy atom. The number of oxime groups is 1. The number of amides is 2. The summed E-state index contributed by atoms with van der Waals surface area (Å²) in [5.74, 6) is 0.535. The van der Waals surface area contributed by atoms with Gasteiger partial charge in [0, 0.05) is 12.1 Å². The largest absolute Gasteiger partial charge is 0.390 e. The van der Waals surface area contributed by atoms with Crippen molar-refractivity contribution in [2.75, 3.05) is 11.9 Å². The molecule has 0 aliphatic carbocycles. The number of pyridine rings is 1. The number of hydrogen-bond donors (Lipinski definition) is 2. The summed E-state index contributed by atoms with van der Waals surface area (Å²) in [7, 11) is 0. The number of urea groups is 1. The van der Waals surface area contributed by atoms with Gasteiger partial charge in [-0.15, -0.1) is 0 Å². The number of anilines is 1. The highest BCUT2D eigenvalue weighted by Crippen LogP contribution is 2.09. The van der Waals surface area contributed by atoms with Crippen LogP contribution in [0, 0.1) is 6.92 Å². The van der Waals surface area contributed by atoms with E-state index in [9.17, 15) is 4.79 Å². The van der Waals surface area contributed by atoms with Gasteiger partial charge in [-0.25, -0.2) is 9.78 Å². The smallest absolute Gasteiger partial charge is 0.320 e. The fraction of sp³-hybridized carbons (Fsp3) is 0.417. The minimum absolute atomic E-state index is 0.0683. The molecule has 96 valence electrons. The molecule has 2 rings (SSSR count). The van der Waals surface area contributed by atoms with Crippen molar-refractivity contribution in [2.24, 2.45) is 5.16 Å². The highest BCUT2D eigenvalue weighted by atomic mass is 16.6. The number of aryl methyl sites for hydroxylation is 1. The Hall–Kier alpha value is -2.11. The van der Waals surface area contributed by atoms with E-state index < -0.39 is 0 Å². The number of hydrogen-bond acceptors (Lipinski definition) is 4. The molecular formula is C12H16N4O2. The molecule has 2 heterocycles. The molecule has 0 saturated carbocycles. The van der Waals surface area contributed by atoms with Gasteiger partial charge in [-0.1, -0.05) is 11.2 Å². The van der Waals surface area contributed by atoms with Crippen LogP contribution in [0.4, 0.5) is 10.6 Å². The van der Waals surface area contributed by atoms with Gasteiger partial charge >= 0.3 is 6.03 Å². The second kappa shape index (κ2) is 5.48. The highest BCUT2D eigenvalue weighted by Gasteiger charge is 2.18. The van der Waals surface area contributed by atoms with Crippen LogP contribution in [-0.2, 0) is 4.84 Å². The third kappa shape index (κ3) is 3.44. The zero-order valence-electron chi connectivity index (χ0n) is 10.4. The topological polar surface area (TPSA) is 75.6 Å². The standard InChI is InChI=1S/C12H16N4O2/c1-8-4-3-5-11(14-8)15-12(17)13-7-10-6-9(2)16-18-10/h3-5,10H,6-7H2,1-2H3,(H2,13,14,15,17)/t10-/m0/s1. The van der Waals surface area contributed by atoms with Gasteiger partial charge in [-0.2, -0.15) is 0 Å². The molecule has 18 heavy (non-hydrogen) atoms. The van der Waals surface area contributed by atoms with E-state index in [2.05, 4.69) is 20.8 Å². The first-order valence-electron chi connectivity index (χ1n) is 5.81. The molecule has 2 amide bonds. The first kappa shape index (κ1) is 12.3. The second-order valence-electron chi connectivity index (χ2n) is 4.26. The van der Waals surface area contributed by atoms with Crippen LogP contribution in [-0.4, -0.2) is 29.4 Å². The van der Waals surface area contributed by atoms with Crippen molar-refractivity contribution in [1.82, 2.24) is 10.3 Å². The van der Waals surface area contributed by atoms with Crippen molar-refractivity contribution in [3.8, 4) is 0 Å². The van der Waals surface area contributed by atoms with Crippen molar-refractivity contribution < 1.29 is 9.63 Å². The normalized spacial score (nSPS) is 17.9. The Labute approximate surface area is 105 Å². The Balaban J connectivity index is 1.76. The van der Waals surface area contributed by atoms with E-state index in [0.717, 1.165) is 17.8 Å². The maximum Gasteiger partial charge on any atom is 0.320 e. The number of carbonyl (C=O) groups excluding carboxylic acids is 1. The molecule has 1 atom stereocenters. The fourth-order valence-electron chi connectivity index (χ4n) is 1.66. The lowest BCUT2D eigenvalue weighted by Crippen LogP contribution is -2.35. The third-order valence-corrected chi connectivity index (χ3v) is 2.50. The van der Waals surface area contributed by atoms with Crippen molar-refractivity contribution >= 4 is 17.6 Å². The summed E-state index contributed by atoms with van der Waals surface area (Å²) in [6.45, 7) is 4.20. The average Bonchev–Trinajstić information content (AvgIpc) is 2.73. The quantitative estimate of drug-likeness (QED) is 0.854. The Morgan fingerprint density at radius 1 is 1.50 bits per heavy atom. The Bertz CT molecular complexity index is 473. The van der Waals surface area contributed by atoms with E-state index in [1.165, 1.54) is 0 Å². The summed E-state index contributed by atoms with van der Waals surface area (Å²) in [6, 6.07) is 5.16. The second-order valence-corrected chi connectivity index (χ2v) is 4.26. The molecule has 0 aromatic carbocycles. The van der Waals surface area contributed by atoms with Gasteiger partial charge in [0.15, 0.2) is 0 Å². The Morgan fingerprint density at radius 2 is 2.33 bits per heavy atom. The predicted molar refractivity (Wildman–Crippen MR) is 68.6 cm³/mol. The molecule has 6 heteroatoms. The van der Waals surface area contributed by atoms with Gasteiger partial charge in [0.2, 0.25) is 0 Å². The zero-order chi connectivity index (χ0) is 13.0. The van der Waals surface area contributed by atoms with Crippen molar-refractivity contribution in [3.05, 3.63) is 23.9 Å². The van der Waals surface area contributed by atoms with Crippen LogP contribution in [0.3, 0.4) is 0 Å². The molecule has 0 spiro atoms. The number of carbonyl (C=O) groups is 1. The molecule has 0 saturated heterocycles. The molecular weight excluding hydrogens is 232 g/mol. The van der Waals surface area contributed by atoms with Crippen molar-refractivity contribution in [1.29, 1.82) is 0 Å². The van der Waals surface area contributed by atoms with Gasteiger partial charge in [0.05, 0.1) is 12.3 Å². The van der Waals surface area contributed by atoms with Gasteiger partial charge in [-0.3, -0.25) is 5.32 Å². The fourth-order valence-corrected chi connectivity index (χ4v) is 1.66. The van der Waals surface area contributed by atoms with Crippen LogP contribution in [0.25, 0.3) is 0 Å². The lowest BCUT2D eigenvalue weighted by atomic mass is 10.2. The van der Waals surface area contributed by atoms with Gasteiger partial charge in [0.25, 0.3) is 0 Å². The van der Waals surface area contributed by atoms with Crippen LogP contribution in [0.2, 0.25) is 0 Å². The minimum Gasteiger partial charge on any atom is -0.390 e. The van der Waals surface area contributed by atoms with Crippen molar-refractivity contribution in [3.63, 3.8) is 0 Å². The molecule has 1 aliphatic rings. The maximum atomic E-state index is 11.6. The van der Waals surface area contributed by atoms with Crippen LogP contribution in [0.15, 0.2) is 23.4 Å². The molecule has 6 nitrogen and oxygen atoms in total. The summed E-state index contributed by atoms with van der Waals surface area (Å²) in [4.78, 5) is 20.9. The SMILES string of the molecule is CC1=NO[C@H](CNC(=O)Nc2cccc(C)n2)C1. The maximum absolute atomic E-state index is 11.6. The van der Waals surface area contributed by atoms with Crippen LogP contribution < -0.4 is 10.6 Å². The molecule has 2 N–H and O–H groups in total. The summed E-state index contributed by atoms with van der Waals surface area (Å²) >= 11 is 0. The first-order valence-corrected chi connectivity index (χ1v) is 5.81.